The molecule has 0 aliphatic carbocycles. The fourth-order valence-corrected chi connectivity index (χ4v) is 8.32. The number of amides is 1. The minimum absolute atomic E-state index is 0.0129. The molecule has 0 spiro atoms. The van der Waals surface area contributed by atoms with Crippen LogP contribution < -0.4 is 10.2 Å². The highest BCUT2D eigenvalue weighted by Gasteiger charge is 2.24. The number of carbonyl (C=O) groups excluding carboxylic acids is 1. The summed E-state index contributed by atoms with van der Waals surface area (Å²) in [5.74, 6) is -0.165. The second-order valence-corrected chi connectivity index (χ2v) is 20.3. The minimum Gasteiger partial charge on any atom is -0.756 e. The van der Waals surface area contributed by atoms with Crippen LogP contribution in [0.25, 0.3) is 0 Å². The molecule has 0 aromatic carbocycles. The van der Waals surface area contributed by atoms with Crippen molar-refractivity contribution in [3.63, 3.8) is 0 Å². The molecular formula is C51H101N2O6P. The highest BCUT2D eigenvalue weighted by Crippen LogP contribution is 2.38. The Morgan fingerprint density at radius 3 is 1.38 bits per heavy atom. The van der Waals surface area contributed by atoms with Crippen molar-refractivity contribution >= 4 is 13.7 Å². The van der Waals surface area contributed by atoms with Gasteiger partial charge in [0.1, 0.15) is 13.2 Å². The maximum Gasteiger partial charge on any atom is 0.268 e. The van der Waals surface area contributed by atoms with Crippen LogP contribution in [-0.4, -0.2) is 68.5 Å². The summed E-state index contributed by atoms with van der Waals surface area (Å²) in [6, 6.07) is -0.799. The lowest BCUT2D eigenvalue weighted by Crippen LogP contribution is -2.46. The number of hydrogen-bond donors (Lipinski definition) is 2. The standard InChI is InChI=1S/C51H101N2O6P/c1-6-8-10-12-14-16-18-20-22-23-24-25-26-27-28-29-31-33-35-37-39-41-43-45-51(55)52-49(48-59-60(56,57)58-47-46-53(3,4)5)50(54)44-42-40-38-36-34-32-30-21-19-17-15-13-11-9-7-2/h18,20,23-24,49-50,54H,6-17,19,21-22,25-48H2,1-5H3,(H-,52,55,56,57)/b20-18-,24-23-. The summed E-state index contributed by atoms with van der Waals surface area (Å²) in [5.41, 5.74) is 0. The smallest absolute Gasteiger partial charge is 0.268 e. The van der Waals surface area contributed by atoms with Crippen LogP contribution in [0.4, 0.5) is 0 Å². The Hall–Kier alpha value is -1.02. The van der Waals surface area contributed by atoms with E-state index in [0.717, 1.165) is 44.9 Å². The van der Waals surface area contributed by atoms with Gasteiger partial charge in [-0.05, 0) is 44.9 Å². The van der Waals surface area contributed by atoms with E-state index in [1.165, 1.54) is 173 Å². The minimum atomic E-state index is -4.57. The van der Waals surface area contributed by atoms with Crippen molar-refractivity contribution in [2.75, 3.05) is 40.9 Å². The number of hydrogen-bond acceptors (Lipinski definition) is 6. The van der Waals surface area contributed by atoms with Crippen LogP contribution in [0.3, 0.4) is 0 Å². The average molecular weight is 869 g/mol. The number of aliphatic hydroxyl groups excluding tert-OH is 1. The number of quaternary nitrogens is 1. The molecule has 1 amide bonds. The van der Waals surface area contributed by atoms with Crippen molar-refractivity contribution < 1.29 is 32.9 Å². The number of carbonyl (C=O) groups is 1. The van der Waals surface area contributed by atoms with Gasteiger partial charge in [-0.25, -0.2) is 0 Å². The van der Waals surface area contributed by atoms with Gasteiger partial charge in [-0.15, -0.1) is 0 Å². The maximum absolute atomic E-state index is 12.9. The molecule has 0 rings (SSSR count). The summed E-state index contributed by atoms with van der Waals surface area (Å²) in [5, 5.41) is 14.0. The van der Waals surface area contributed by atoms with Crippen molar-refractivity contribution in [3.05, 3.63) is 24.3 Å². The van der Waals surface area contributed by atoms with Crippen LogP contribution in [-0.2, 0) is 18.4 Å². The van der Waals surface area contributed by atoms with Gasteiger partial charge in [-0.3, -0.25) is 9.36 Å². The van der Waals surface area contributed by atoms with Crippen molar-refractivity contribution in [1.29, 1.82) is 0 Å². The SMILES string of the molecule is CCCCCCC/C=C\C/C=C\CCCCCCCCCCCCCC(=O)NC(COP(=O)([O-])OCC[N+](C)(C)C)C(O)CCCCCCCCCCCCCCCCC. The van der Waals surface area contributed by atoms with Crippen LogP contribution in [0.1, 0.15) is 245 Å². The Labute approximate surface area is 373 Å². The summed E-state index contributed by atoms with van der Waals surface area (Å²) < 4.78 is 23.3. The normalized spacial score (nSPS) is 14.3. The summed E-state index contributed by atoms with van der Waals surface area (Å²) in [4.78, 5) is 25.4. The molecule has 3 atom stereocenters. The lowest BCUT2D eigenvalue weighted by atomic mass is 10.0. The molecule has 0 aliphatic rings. The fraction of sp³-hybridized carbons (Fsp3) is 0.902. The largest absolute Gasteiger partial charge is 0.756 e. The van der Waals surface area contributed by atoms with E-state index in [1.807, 2.05) is 21.1 Å². The van der Waals surface area contributed by atoms with Gasteiger partial charge < -0.3 is 28.8 Å². The molecule has 60 heavy (non-hydrogen) atoms. The summed E-state index contributed by atoms with van der Waals surface area (Å²) in [7, 11) is 1.31. The monoisotopic (exact) mass is 869 g/mol. The number of phosphoric ester groups is 1. The summed E-state index contributed by atoms with van der Waals surface area (Å²) in [6.07, 6.45) is 51.8. The van der Waals surface area contributed by atoms with E-state index in [0.29, 0.717) is 23.9 Å². The molecule has 0 saturated heterocycles. The quantitative estimate of drug-likeness (QED) is 0.0273. The van der Waals surface area contributed by atoms with E-state index in [2.05, 4.69) is 43.5 Å². The third-order valence-corrected chi connectivity index (χ3v) is 12.7. The first-order valence-corrected chi connectivity index (χ1v) is 27.1. The lowest BCUT2D eigenvalue weighted by molar-refractivity contribution is -0.870. The van der Waals surface area contributed by atoms with Crippen LogP contribution >= 0.6 is 7.82 Å². The number of likely N-dealkylation sites (N-methyl/N-ethyl adjacent to an activating group) is 1. The molecule has 0 saturated carbocycles. The van der Waals surface area contributed by atoms with Gasteiger partial charge in [0.25, 0.3) is 7.82 Å². The number of allylic oxidation sites excluding steroid dienone is 4. The van der Waals surface area contributed by atoms with E-state index in [-0.39, 0.29) is 19.1 Å². The second-order valence-electron chi connectivity index (χ2n) is 18.9. The Kier molecular flexibility index (Phi) is 42.5. The van der Waals surface area contributed by atoms with E-state index < -0.39 is 20.0 Å². The first kappa shape index (κ1) is 59.0. The van der Waals surface area contributed by atoms with Crippen LogP contribution in [0, 0.1) is 0 Å². The Morgan fingerprint density at radius 1 is 0.583 bits per heavy atom. The zero-order valence-corrected chi connectivity index (χ0v) is 41.3. The molecule has 0 heterocycles. The van der Waals surface area contributed by atoms with Crippen molar-refractivity contribution in [2.24, 2.45) is 0 Å². The molecule has 8 nitrogen and oxygen atoms in total. The summed E-state index contributed by atoms with van der Waals surface area (Å²) >= 11 is 0. The molecule has 0 aromatic rings. The van der Waals surface area contributed by atoms with E-state index in [9.17, 15) is 19.4 Å². The molecule has 2 N–H and O–H groups in total. The molecule has 3 unspecified atom stereocenters. The lowest BCUT2D eigenvalue weighted by Gasteiger charge is -2.30. The van der Waals surface area contributed by atoms with Crippen LogP contribution in [0.2, 0.25) is 0 Å². The molecule has 0 aliphatic heterocycles. The molecule has 0 bridgehead atoms. The fourth-order valence-electron chi connectivity index (χ4n) is 7.60. The van der Waals surface area contributed by atoms with Gasteiger partial charge in [-0.1, -0.05) is 218 Å². The molecule has 9 heteroatoms. The highest BCUT2D eigenvalue weighted by atomic mass is 31.2. The van der Waals surface area contributed by atoms with E-state index in [1.54, 1.807) is 0 Å². The predicted molar refractivity (Wildman–Crippen MR) is 256 cm³/mol. The van der Waals surface area contributed by atoms with Crippen LogP contribution in [0.5, 0.6) is 0 Å². The molecular weight excluding hydrogens is 768 g/mol. The zero-order chi connectivity index (χ0) is 44.3. The predicted octanol–water partition coefficient (Wildman–Crippen LogP) is 14.2. The third kappa shape index (κ3) is 45.0. The third-order valence-electron chi connectivity index (χ3n) is 11.7. The zero-order valence-electron chi connectivity index (χ0n) is 40.4. The Morgan fingerprint density at radius 2 is 0.967 bits per heavy atom. The van der Waals surface area contributed by atoms with E-state index in [4.69, 9.17) is 9.05 Å². The highest BCUT2D eigenvalue weighted by molar-refractivity contribution is 7.45. The number of aliphatic hydroxyl groups is 1. The van der Waals surface area contributed by atoms with Gasteiger partial charge in [0.15, 0.2) is 0 Å². The number of rotatable bonds is 47. The van der Waals surface area contributed by atoms with Gasteiger partial charge in [0.05, 0.1) is 39.9 Å². The molecule has 0 radical (unpaired) electrons. The van der Waals surface area contributed by atoms with Crippen LogP contribution in [0.15, 0.2) is 24.3 Å². The number of nitrogens with one attached hydrogen (secondary N) is 1. The Balaban J connectivity index is 4.22. The maximum atomic E-state index is 12.9. The van der Waals surface area contributed by atoms with Gasteiger partial charge >= 0.3 is 0 Å². The van der Waals surface area contributed by atoms with Crippen molar-refractivity contribution in [2.45, 2.75) is 257 Å². The topological polar surface area (TPSA) is 108 Å². The average Bonchev–Trinajstić information content (AvgIpc) is 3.20. The summed E-state index contributed by atoms with van der Waals surface area (Å²) in [6.45, 7) is 4.73. The van der Waals surface area contributed by atoms with Crippen molar-refractivity contribution in [3.8, 4) is 0 Å². The number of nitrogens with zero attached hydrogens (tertiary/aromatic N) is 1. The van der Waals surface area contributed by atoms with Gasteiger partial charge in [0, 0.05) is 6.42 Å². The molecule has 0 aromatic heterocycles. The number of phosphoric acid groups is 1. The van der Waals surface area contributed by atoms with Gasteiger partial charge in [-0.2, -0.15) is 0 Å². The second kappa shape index (κ2) is 43.2. The van der Waals surface area contributed by atoms with E-state index >= 15 is 0 Å². The first-order valence-electron chi connectivity index (χ1n) is 25.7. The first-order chi connectivity index (χ1) is 29.0. The van der Waals surface area contributed by atoms with Crippen molar-refractivity contribution in [1.82, 2.24) is 5.32 Å². The van der Waals surface area contributed by atoms with Gasteiger partial charge in [0.2, 0.25) is 5.91 Å². The number of unbranched alkanes of at least 4 members (excludes halogenated alkanes) is 30. The Bertz CT molecular complexity index is 1030. The molecule has 0 fully saturated rings. The molecule has 356 valence electrons.